The topological polar surface area (TPSA) is 81.0 Å². The zero-order valence-corrected chi connectivity index (χ0v) is 11.9. The van der Waals surface area contributed by atoms with E-state index in [1.807, 2.05) is 6.07 Å². The molecule has 5 nitrogen and oxygen atoms in total. The number of fused-ring (bicyclic) bond motifs is 1. The van der Waals surface area contributed by atoms with Gasteiger partial charge in [-0.15, -0.1) is 0 Å². The molecular weight excluding hydrogens is 252 g/mol. The maximum Gasteiger partial charge on any atom is 0.144 e. The van der Waals surface area contributed by atoms with Crippen LogP contribution in [0.3, 0.4) is 0 Å². The Hall–Kier alpha value is -1.64. The first-order chi connectivity index (χ1) is 9.70. The number of rotatable bonds is 6. The lowest BCUT2D eigenvalue weighted by Gasteiger charge is -2.17. The molecule has 1 unspecified atom stereocenters. The second-order valence-electron chi connectivity index (χ2n) is 5.29. The van der Waals surface area contributed by atoms with Crippen LogP contribution in [-0.2, 0) is 12.8 Å². The molecule has 0 radical (unpaired) electrons. The Kier molecular flexibility index (Phi) is 5.33. The summed E-state index contributed by atoms with van der Waals surface area (Å²) in [4.78, 5) is 4.61. The first-order valence-electron chi connectivity index (χ1n) is 7.26. The molecule has 0 bridgehead atoms. The number of hydrogen-bond acceptors (Lipinski definition) is 5. The number of anilines is 1. The SMILES string of the molecule is CC(O)CNCCNc1nc2c(cc1C#N)CCCC2. The van der Waals surface area contributed by atoms with E-state index >= 15 is 0 Å². The van der Waals surface area contributed by atoms with Crippen molar-refractivity contribution in [3.05, 3.63) is 22.9 Å². The van der Waals surface area contributed by atoms with Gasteiger partial charge in [0.25, 0.3) is 0 Å². The smallest absolute Gasteiger partial charge is 0.144 e. The van der Waals surface area contributed by atoms with E-state index < -0.39 is 0 Å². The summed E-state index contributed by atoms with van der Waals surface area (Å²) in [5, 5.41) is 24.7. The molecule has 1 aromatic rings. The van der Waals surface area contributed by atoms with Crippen molar-refractivity contribution < 1.29 is 5.11 Å². The highest BCUT2D eigenvalue weighted by molar-refractivity contribution is 5.54. The van der Waals surface area contributed by atoms with Crippen molar-refractivity contribution in [1.29, 1.82) is 5.26 Å². The highest BCUT2D eigenvalue weighted by atomic mass is 16.3. The van der Waals surface area contributed by atoms with Crippen LogP contribution in [0.1, 0.15) is 36.6 Å². The van der Waals surface area contributed by atoms with Gasteiger partial charge < -0.3 is 15.7 Å². The molecule has 1 atom stereocenters. The Morgan fingerprint density at radius 3 is 2.95 bits per heavy atom. The van der Waals surface area contributed by atoms with Gasteiger partial charge in [0.1, 0.15) is 11.9 Å². The molecule has 1 heterocycles. The second kappa shape index (κ2) is 7.22. The van der Waals surface area contributed by atoms with Gasteiger partial charge in [0.2, 0.25) is 0 Å². The van der Waals surface area contributed by atoms with Crippen molar-refractivity contribution >= 4 is 5.82 Å². The molecule has 0 aromatic carbocycles. The quantitative estimate of drug-likeness (QED) is 0.679. The van der Waals surface area contributed by atoms with E-state index in [1.165, 1.54) is 18.4 Å². The largest absolute Gasteiger partial charge is 0.392 e. The Morgan fingerprint density at radius 2 is 2.20 bits per heavy atom. The third-order valence-corrected chi connectivity index (χ3v) is 3.46. The Balaban J connectivity index is 1.95. The minimum absolute atomic E-state index is 0.341. The summed E-state index contributed by atoms with van der Waals surface area (Å²) in [7, 11) is 0. The molecule has 108 valence electrons. The van der Waals surface area contributed by atoms with Crippen molar-refractivity contribution in [2.75, 3.05) is 25.0 Å². The second-order valence-corrected chi connectivity index (χ2v) is 5.29. The number of nitrogens with one attached hydrogen (secondary N) is 2. The van der Waals surface area contributed by atoms with E-state index in [9.17, 15) is 5.26 Å². The van der Waals surface area contributed by atoms with Gasteiger partial charge in [-0.2, -0.15) is 5.26 Å². The maximum atomic E-state index is 9.22. The summed E-state index contributed by atoms with van der Waals surface area (Å²) in [6, 6.07) is 4.20. The number of aryl methyl sites for hydroxylation is 2. The number of nitrogens with zero attached hydrogens (tertiary/aromatic N) is 2. The molecule has 3 N–H and O–H groups in total. The minimum atomic E-state index is -0.341. The lowest BCUT2D eigenvalue weighted by atomic mass is 9.95. The van der Waals surface area contributed by atoms with E-state index in [-0.39, 0.29) is 6.10 Å². The molecule has 1 aliphatic carbocycles. The Bertz CT molecular complexity index is 493. The molecule has 0 aliphatic heterocycles. The third-order valence-electron chi connectivity index (χ3n) is 3.46. The average molecular weight is 274 g/mol. The van der Waals surface area contributed by atoms with Gasteiger partial charge in [-0.05, 0) is 44.2 Å². The first-order valence-corrected chi connectivity index (χ1v) is 7.26. The van der Waals surface area contributed by atoms with Crippen LogP contribution < -0.4 is 10.6 Å². The predicted octanol–water partition coefficient (Wildman–Crippen LogP) is 1.21. The summed E-state index contributed by atoms with van der Waals surface area (Å²) in [5.74, 6) is 0.687. The van der Waals surface area contributed by atoms with Crippen LogP contribution in [0, 0.1) is 11.3 Å². The zero-order valence-electron chi connectivity index (χ0n) is 11.9. The highest BCUT2D eigenvalue weighted by Crippen LogP contribution is 2.24. The normalized spacial score (nSPS) is 15.2. The summed E-state index contributed by atoms with van der Waals surface area (Å²) >= 11 is 0. The van der Waals surface area contributed by atoms with E-state index in [4.69, 9.17) is 5.11 Å². The van der Waals surface area contributed by atoms with E-state index in [0.29, 0.717) is 24.5 Å². The van der Waals surface area contributed by atoms with Gasteiger partial charge in [-0.25, -0.2) is 4.98 Å². The summed E-state index contributed by atoms with van der Waals surface area (Å²) in [5.41, 5.74) is 2.99. The summed E-state index contributed by atoms with van der Waals surface area (Å²) in [6.07, 6.45) is 4.08. The highest BCUT2D eigenvalue weighted by Gasteiger charge is 2.14. The lowest BCUT2D eigenvalue weighted by Crippen LogP contribution is -2.29. The Labute approximate surface area is 120 Å². The zero-order chi connectivity index (χ0) is 14.4. The molecular formula is C15H22N4O. The summed E-state index contributed by atoms with van der Waals surface area (Å²) < 4.78 is 0. The van der Waals surface area contributed by atoms with Gasteiger partial charge in [0, 0.05) is 25.3 Å². The van der Waals surface area contributed by atoms with E-state index in [2.05, 4.69) is 21.7 Å². The summed E-state index contributed by atoms with van der Waals surface area (Å²) in [6.45, 7) is 3.74. The fraction of sp³-hybridized carbons (Fsp3) is 0.600. The number of nitriles is 1. The molecule has 0 amide bonds. The molecule has 20 heavy (non-hydrogen) atoms. The van der Waals surface area contributed by atoms with Crippen LogP contribution in [0.2, 0.25) is 0 Å². The maximum absolute atomic E-state index is 9.22. The van der Waals surface area contributed by atoms with Crippen molar-refractivity contribution in [2.45, 2.75) is 38.7 Å². The van der Waals surface area contributed by atoms with E-state index in [1.54, 1.807) is 6.92 Å². The fourth-order valence-corrected chi connectivity index (χ4v) is 2.43. The molecule has 5 heteroatoms. The Morgan fingerprint density at radius 1 is 1.40 bits per heavy atom. The van der Waals surface area contributed by atoms with Crippen LogP contribution in [-0.4, -0.2) is 35.8 Å². The number of aliphatic hydroxyl groups is 1. The predicted molar refractivity (Wildman–Crippen MR) is 78.6 cm³/mol. The number of hydrogen-bond donors (Lipinski definition) is 3. The van der Waals surface area contributed by atoms with Gasteiger partial charge in [-0.1, -0.05) is 0 Å². The van der Waals surface area contributed by atoms with Crippen molar-refractivity contribution in [3.63, 3.8) is 0 Å². The molecule has 0 spiro atoms. The van der Waals surface area contributed by atoms with Crippen molar-refractivity contribution in [2.24, 2.45) is 0 Å². The number of aromatic nitrogens is 1. The van der Waals surface area contributed by atoms with Gasteiger partial charge in [0.15, 0.2) is 0 Å². The molecule has 0 saturated heterocycles. The van der Waals surface area contributed by atoms with Crippen LogP contribution in [0.5, 0.6) is 0 Å². The molecule has 0 saturated carbocycles. The standard InChI is InChI=1S/C15H22N4O/c1-11(20)10-17-6-7-18-15-13(9-16)8-12-4-2-3-5-14(12)19-15/h8,11,17,20H,2-7,10H2,1H3,(H,18,19). The van der Waals surface area contributed by atoms with Crippen molar-refractivity contribution in [3.8, 4) is 6.07 Å². The van der Waals surface area contributed by atoms with E-state index in [0.717, 1.165) is 25.1 Å². The van der Waals surface area contributed by atoms with Crippen LogP contribution in [0.15, 0.2) is 6.07 Å². The first kappa shape index (κ1) is 14.8. The molecule has 1 aliphatic rings. The number of aliphatic hydroxyl groups excluding tert-OH is 1. The third kappa shape index (κ3) is 3.92. The van der Waals surface area contributed by atoms with Gasteiger partial charge in [-0.3, -0.25) is 0 Å². The van der Waals surface area contributed by atoms with Crippen LogP contribution >= 0.6 is 0 Å². The minimum Gasteiger partial charge on any atom is -0.392 e. The number of pyridine rings is 1. The monoisotopic (exact) mass is 274 g/mol. The van der Waals surface area contributed by atoms with Gasteiger partial charge >= 0.3 is 0 Å². The van der Waals surface area contributed by atoms with Crippen molar-refractivity contribution in [1.82, 2.24) is 10.3 Å². The van der Waals surface area contributed by atoms with Crippen LogP contribution in [0.4, 0.5) is 5.82 Å². The average Bonchev–Trinajstić information content (AvgIpc) is 2.45. The molecule has 1 aromatic heterocycles. The van der Waals surface area contributed by atoms with Crippen LogP contribution in [0.25, 0.3) is 0 Å². The lowest BCUT2D eigenvalue weighted by molar-refractivity contribution is 0.192. The fourth-order valence-electron chi connectivity index (χ4n) is 2.43. The van der Waals surface area contributed by atoms with Gasteiger partial charge in [0.05, 0.1) is 11.7 Å². The molecule has 0 fully saturated rings. The molecule has 2 rings (SSSR count).